The monoisotopic (exact) mass is 399 g/mol. The molecular weight excluding hydrogens is 370 g/mol. The van der Waals surface area contributed by atoms with Crippen LogP contribution in [0.4, 0.5) is 0 Å². The summed E-state index contributed by atoms with van der Waals surface area (Å²) in [6, 6.07) is 3.55. The molecule has 1 saturated carbocycles. The minimum Gasteiger partial charge on any atom is -0.487 e. The molecule has 1 spiro atoms. The molecule has 2 aliphatic rings. The minimum atomic E-state index is -0.495. The average Bonchev–Trinajstić information content (AvgIpc) is 2.70. The van der Waals surface area contributed by atoms with Crippen molar-refractivity contribution in [2.75, 3.05) is 6.61 Å². The summed E-state index contributed by atoms with van der Waals surface area (Å²) < 4.78 is 12.0. The maximum atomic E-state index is 12.6. The first-order valence-corrected chi connectivity index (χ1v) is 10.6. The van der Waals surface area contributed by atoms with Gasteiger partial charge in [-0.3, -0.25) is 4.79 Å². The standard InChI is InChI=1S/C23H29NO5/c1-14(13-25)24-21(26)11-18-15(2)17-10-16-6-9-23(7-4-3-5-8-23)29-19(16)12-20(17)28-22(18)27/h10,12,14,25H,3-9,11,13H2,1-2H3,(H,24,26)/t14-/m1/s1. The third-order valence-electron chi connectivity index (χ3n) is 6.43. The Morgan fingerprint density at radius 1 is 1.24 bits per heavy atom. The summed E-state index contributed by atoms with van der Waals surface area (Å²) in [5.41, 5.74) is 2.21. The highest BCUT2D eigenvalue weighted by Crippen LogP contribution is 2.43. The summed E-state index contributed by atoms with van der Waals surface area (Å²) >= 11 is 0. The van der Waals surface area contributed by atoms with Gasteiger partial charge >= 0.3 is 5.63 Å². The molecule has 29 heavy (non-hydrogen) atoms. The van der Waals surface area contributed by atoms with Gasteiger partial charge in [-0.2, -0.15) is 0 Å². The fraction of sp³-hybridized carbons (Fsp3) is 0.565. The second kappa shape index (κ2) is 7.82. The second-order valence-corrected chi connectivity index (χ2v) is 8.62. The van der Waals surface area contributed by atoms with Crippen molar-refractivity contribution < 1.29 is 19.1 Å². The van der Waals surface area contributed by atoms with Gasteiger partial charge in [-0.05, 0) is 69.6 Å². The Morgan fingerprint density at radius 2 is 2.00 bits per heavy atom. The number of fused-ring (bicyclic) bond motifs is 2. The molecule has 2 heterocycles. The third-order valence-corrected chi connectivity index (χ3v) is 6.43. The predicted molar refractivity (Wildman–Crippen MR) is 110 cm³/mol. The molecule has 0 unspecified atom stereocenters. The molecule has 1 aliphatic carbocycles. The van der Waals surface area contributed by atoms with Gasteiger partial charge in [-0.1, -0.05) is 6.42 Å². The molecular formula is C23H29NO5. The topological polar surface area (TPSA) is 88.8 Å². The highest BCUT2D eigenvalue weighted by atomic mass is 16.5. The Bertz CT molecular complexity index is 987. The molecule has 2 N–H and O–H groups in total. The van der Waals surface area contributed by atoms with Crippen LogP contribution >= 0.6 is 0 Å². The molecule has 1 atom stereocenters. The van der Waals surface area contributed by atoms with E-state index in [9.17, 15) is 9.59 Å². The van der Waals surface area contributed by atoms with Crippen molar-refractivity contribution in [2.45, 2.75) is 76.9 Å². The molecule has 1 fully saturated rings. The summed E-state index contributed by atoms with van der Waals surface area (Å²) in [7, 11) is 0. The highest BCUT2D eigenvalue weighted by Gasteiger charge is 2.37. The molecule has 0 radical (unpaired) electrons. The quantitative estimate of drug-likeness (QED) is 0.771. The first kappa shape index (κ1) is 20.0. The van der Waals surface area contributed by atoms with Crippen LogP contribution in [0, 0.1) is 6.92 Å². The van der Waals surface area contributed by atoms with Gasteiger partial charge in [0.05, 0.1) is 18.6 Å². The lowest BCUT2D eigenvalue weighted by atomic mass is 9.79. The molecule has 6 nitrogen and oxygen atoms in total. The Balaban J connectivity index is 1.66. The molecule has 1 aromatic carbocycles. The molecule has 2 aromatic rings. The van der Waals surface area contributed by atoms with E-state index >= 15 is 0 Å². The van der Waals surface area contributed by atoms with Crippen molar-refractivity contribution in [2.24, 2.45) is 0 Å². The summed E-state index contributed by atoms with van der Waals surface area (Å²) in [5.74, 6) is 0.525. The van der Waals surface area contributed by atoms with Crippen LogP contribution in [0.15, 0.2) is 21.3 Å². The number of rotatable bonds is 4. The van der Waals surface area contributed by atoms with Gasteiger partial charge in [-0.15, -0.1) is 0 Å². The van der Waals surface area contributed by atoms with Gasteiger partial charge in [0, 0.05) is 17.5 Å². The molecule has 1 aliphatic heterocycles. The number of hydrogen-bond acceptors (Lipinski definition) is 5. The van der Waals surface area contributed by atoms with Gasteiger partial charge < -0.3 is 19.6 Å². The van der Waals surface area contributed by atoms with Crippen molar-refractivity contribution in [3.05, 3.63) is 39.2 Å². The van der Waals surface area contributed by atoms with Gasteiger partial charge in [0.2, 0.25) is 5.91 Å². The van der Waals surface area contributed by atoms with Crippen molar-refractivity contribution >= 4 is 16.9 Å². The lowest BCUT2D eigenvalue weighted by molar-refractivity contribution is -0.121. The molecule has 156 valence electrons. The average molecular weight is 399 g/mol. The number of ether oxygens (including phenoxy) is 1. The number of carbonyl (C=O) groups is 1. The van der Waals surface area contributed by atoms with Crippen molar-refractivity contribution in [1.29, 1.82) is 0 Å². The summed E-state index contributed by atoms with van der Waals surface area (Å²) in [5, 5.41) is 12.6. The van der Waals surface area contributed by atoms with Crippen molar-refractivity contribution in [3.63, 3.8) is 0 Å². The summed E-state index contributed by atoms with van der Waals surface area (Å²) in [4.78, 5) is 24.8. The van der Waals surface area contributed by atoms with Gasteiger partial charge in [0.25, 0.3) is 0 Å². The van der Waals surface area contributed by atoms with Crippen LogP contribution in [0.5, 0.6) is 5.75 Å². The first-order valence-electron chi connectivity index (χ1n) is 10.6. The van der Waals surface area contributed by atoms with Crippen LogP contribution in [0.25, 0.3) is 11.0 Å². The lowest BCUT2D eigenvalue weighted by Gasteiger charge is -2.41. The van der Waals surface area contributed by atoms with Gasteiger partial charge in [-0.25, -0.2) is 4.79 Å². The smallest absolute Gasteiger partial charge is 0.340 e. The maximum Gasteiger partial charge on any atom is 0.340 e. The minimum absolute atomic E-state index is 0.0598. The molecule has 1 aromatic heterocycles. The SMILES string of the molecule is Cc1c(CC(=O)N[C@H](C)CO)c(=O)oc2cc3c(cc12)CCC1(CCCCC1)O3. The third kappa shape index (κ3) is 3.90. The Morgan fingerprint density at radius 3 is 2.72 bits per heavy atom. The molecule has 6 heteroatoms. The molecule has 1 amide bonds. The van der Waals surface area contributed by atoms with E-state index in [4.69, 9.17) is 14.3 Å². The van der Waals surface area contributed by atoms with Crippen LogP contribution in [0.3, 0.4) is 0 Å². The van der Waals surface area contributed by atoms with Crippen LogP contribution in [-0.2, 0) is 17.6 Å². The summed E-state index contributed by atoms with van der Waals surface area (Å²) in [6.45, 7) is 3.42. The van der Waals surface area contributed by atoms with Crippen molar-refractivity contribution in [3.8, 4) is 5.75 Å². The number of aryl methyl sites for hydroxylation is 2. The fourth-order valence-corrected chi connectivity index (χ4v) is 4.68. The van der Waals surface area contributed by atoms with Gasteiger partial charge in [0.1, 0.15) is 16.9 Å². The zero-order valence-electron chi connectivity index (χ0n) is 17.2. The van der Waals surface area contributed by atoms with E-state index in [1.165, 1.54) is 19.3 Å². The normalized spacial score (nSPS) is 18.9. The molecule has 0 saturated heterocycles. The maximum absolute atomic E-state index is 12.6. The number of nitrogens with one attached hydrogen (secondary N) is 1. The van der Waals surface area contributed by atoms with E-state index in [1.807, 2.05) is 13.0 Å². The van der Waals surface area contributed by atoms with E-state index in [1.54, 1.807) is 6.92 Å². The van der Waals surface area contributed by atoms with Crippen molar-refractivity contribution in [1.82, 2.24) is 5.32 Å². The number of carbonyl (C=O) groups excluding carboxylic acids is 1. The number of benzene rings is 1. The second-order valence-electron chi connectivity index (χ2n) is 8.62. The number of aliphatic hydroxyl groups is 1. The van der Waals surface area contributed by atoms with E-state index in [-0.39, 0.29) is 30.6 Å². The van der Waals surface area contributed by atoms with E-state index in [0.29, 0.717) is 11.1 Å². The number of amides is 1. The zero-order valence-corrected chi connectivity index (χ0v) is 17.2. The Kier molecular flexibility index (Phi) is 5.38. The number of hydrogen-bond donors (Lipinski definition) is 2. The first-order chi connectivity index (χ1) is 13.9. The highest BCUT2D eigenvalue weighted by molar-refractivity contribution is 5.86. The Hall–Kier alpha value is -2.34. The lowest BCUT2D eigenvalue weighted by Crippen LogP contribution is -2.41. The van der Waals surface area contributed by atoms with Crippen LogP contribution in [-0.4, -0.2) is 29.3 Å². The fourth-order valence-electron chi connectivity index (χ4n) is 4.68. The van der Waals surface area contributed by atoms with Crippen LogP contribution in [0.2, 0.25) is 0 Å². The Labute approximate surface area is 170 Å². The largest absolute Gasteiger partial charge is 0.487 e. The van der Waals surface area contributed by atoms with Crippen LogP contribution in [0.1, 0.15) is 62.1 Å². The van der Waals surface area contributed by atoms with E-state index in [0.717, 1.165) is 47.9 Å². The summed E-state index contributed by atoms with van der Waals surface area (Å²) in [6.07, 6.45) is 7.78. The van der Waals surface area contributed by atoms with Gasteiger partial charge in [0.15, 0.2) is 0 Å². The molecule has 4 rings (SSSR count). The van der Waals surface area contributed by atoms with E-state index in [2.05, 4.69) is 11.4 Å². The van der Waals surface area contributed by atoms with Crippen LogP contribution < -0.4 is 15.7 Å². The number of aliphatic hydroxyl groups excluding tert-OH is 1. The zero-order chi connectivity index (χ0) is 20.6. The predicted octanol–water partition coefficient (Wildman–Crippen LogP) is 3.17. The van der Waals surface area contributed by atoms with E-state index < -0.39 is 5.63 Å². The molecule has 0 bridgehead atoms.